The molecule has 2 aromatic rings. The molecule has 2 aromatic heterocycles. The first-order valence-corrected chi connectivity index (χ1v) is 19.5. The number of ether oxygens (including phenoxy) is 1. The van der Waals surface area contributed by atoms with Crippen LogP contribution in [0.1, 0.15) is 12.6 Å². The number of nitrogens with one attached hydrogen (secondary N) is 1. The minimum atomic E-state index is -5.48. The van der Waals surface area contributed by atoms with Crippen LogP contribution in [-0.4, -0.2) is 98.7 Å². The van der Waals surface area contributed by atoms with Crippen molar-refractivity contribution in [2.24, 2.45) is 0 Å². The van der Waals surface area contributed by atoms with Gasteiger partial charge in [0.1, 0.15) is 18.3 Å². The van der Waals surface area contributed by atoms with E-state index in [0.717, 1.165) is 11.8 Å². The average molecular weight is 758 g/mol. The number of hydrogen-bond donors (Lipinski definition) is 5. The molecule has 2 saturated heterocycles. The summed E-state index contributed by atoms with van der Waals surface area (Å²) in [5.41, 5.74) is 0.187. The van der Waals surface area contributed by atoms with Gasteiger partial charge < -0.3 is 30.1 Å². The Morgan fingerprint density at radius 1 is 1.14 bits per heavy atom. The van der Waals surface area contributed by atoms with Crippen LogP contribution in [0.2, 0.25) is 0 Å². The molecule has 26 heteroatoms. The summed E-state index contributed by atoms with van der Waals surface area (Å²) in [6.07, 6.45) is -8.96. The van der Waals surface area contributed by atoms with Gasteiger partial charge in [-0.15, -0.1) is 0 Å². The summed E-state index contributed by atoms with van der Waals surface area (Å²) < 4.78 is 92.2. The Hall–Kier alpha value is -0.210. The van der Waals surface area contributed by atoms with Crippen molar-refractivity contribution >= 4 is 86.7 Å². The summed E-state index contributed by atoms with van der Waals surface area (Å²) in [5, 5.41) is 24.3. The fraction of sp³-hybridized carbons (Fsp3) is 0.706. The smallest absolute Gasteiger partial charge is 0.387 e. The van der Waals surface area contributed by atoms with Gasteiger partial charge in [-0.25, -0.2) is 28.1 Å². The molecule has 0 aromatic carbocycles. The zero-order chi connectivity index (χ0) is 32.0. The Balaban J connectivity index is 1.56. The molecule has 0 bridgehead atoms. The summed E-state index contributed by atoms with van der Waals surface area (Å²) in [7, 11) is -16.3. The molecular formula is C17H23Cl2F3N5O11P3S2. The highest BCUT2D eigenvalue weighted by Gasteiger charge is 2.70. The van der Waals surface area contributed by atoms with Crippen LogP contribution in [-0.2, 0) is 31.6 Å². The predicted molar refractivity (Wildman–Crippen MR) is 149 cm³/mol. The molecule has 2 aliphatic rings. The Kier molecular flexibility index (Phi) is 10.9. The summed E-state index contributed by atoms with van der Waals surface area (Å²) in [6, 6.07) is 0. The number of alkyl halides is 5. The third-order valence-corrected chi connectivity index (χ3v) is 16.5. The topological polar surface area (TPSA) is 225 Å². The summed E-state index contributed by atoms with van der Waals surface area (Å²) >= 11 is 13.1. The van der Waals surface area contributed by atoms with Gasteiger partial charge in [-0.3, -0.25) is 18.2 Å². The molecule has 4 unspecified atom stereocenters. The van der Waals surface area contributed by atoms with Crippen molar-refractivity contribution in [1.82, 2.24) is 19.5 Å². The molecule has 0 radical (unpaired) electrons. The van der Waals surface area contributed by atoms with Crippen molar-refractivity contribution < 1.29 is 64.7 Å². The molecule has 2 fully saturated rings. The third-order valence-electron chi connectivity index (χ3n) is 5.73. The normalized spacial score (nSPS) is 34.6. The Morgan fingerprint density at radius 3 is 2.40 bits per heavy atom. The first kappa shape index (κ1) is 35.6. The summed E-state index contributed by atoms with van der Waals surface area (Å²) in [6.45, 7) is -0.557. The zero-order valence-corrected chi connectivity index (χ0v) is 27.2. The Labute approximate surface area is 259 Å². The van der Waals surface area contributed by atoms with Gasteiger partial charge in [-0.2, -0.15) is 24.9 Å². The van der Waals surface area contributed by atoms with E-state index in [2.05, 4.69) is 28.9 Å². The number of aromatic nitrogens is 4. The van der Waals surface area contributed by atoms with Crippen LogP contribution in [0.4, 0.5) is 19.0 Å². The number of fused-ring (bicyclic) bond motifs is 1. The van der Waals surface area contributed by atoms with E-state index in [-0.39, 0.29) is 27.9 Å². The number of rotatable bonds is 11. The fourth-order valence-corrected chi connectivity index (χ4v) is 11.9. The molecular weight excluding hydrogens is 735 g/mol. The number of phosphoric acid groups is 1. The quantitative estimate of drug-likeness (QED) is 0.0720. The highest BCUT2D eigenvalue weighted by molar-refractivity contribution is 7.99. The lowest BCUT2D eigenvalue weighted by Gasteiger charge is -2.35. The van der Waals surface area contributed by atoms with Gasteiger partial charge >= 0.3 is 33.0 Å². The van der Waals surface area contributed by atoms with E-state index in [4.69, 9.17) is 32.5 Å². The van der Waals surface area contributed by atoms with E-state index in [1.54, 1.807) is 0 Å². The van der Waals surface area contributed by atoms with E-state index < -0.39 is 70.6 Å². The van der Waals surface area contributed by atoms with E-state index in [1.165, 1.54) is 22.7 Å². The van der Waals surface area contributed by atoms with Crippen molar-refractivity contribution in [2.75, 3.05) is 36.2 Å². The van der Waals surface area contributed by atoms with Crippen LogP contribution < -0.4 is 5.32 Å². The second-order valence-electron chi connectivity index (χ2n) is 8.81. The summed E-state index contributed by atoms with van der Waals surface area (Å²) in [5.74, 6) is 0.475. The van der Waals surface area contributed by atoms with Crippen molar-refractivity contribution in [3.63, 3.8) is 0 Å². The van der Waals surface area contributed by atoms with Crippen molar-refractivity contribution in [3.8, 4) is 0 Å². The lowest BCUT2D eigenvalue weighted by atomic mass is 10.1. The molecule has 4 rings (SSSR count). The minimum Gasteiger partial charge on any atom is -0.387 e. The molecule has 0 amide bonds. The third kappa shape index (κ3) is 7.68. The van der Waals surface area contributed by atoms with Gasteiger partial charge in [0.15, 0.2) is 28.4 Å². The van der Waals surface area contributed by atoms with E-state index >= 15 is 0 Å². The molecule has 5 N–H and O–H groups in total. The van der Waals surface area contributed by atoms with Crippen molar-refractivity contribution in [1.29, 1.82) is 0 Å². The van der Waals surface area contributed by atoms with Gasteiger partial charge in [0.2, 0.25) is 0 Å². The highest BCUT2D eigenvalue weighted by atomic mass is 35.5. The number of aliphatic hydroxyl groups is 2. The minimum absolute atomic E-state index is 0.0173. The van der Waals surface area contributed by atoms with Gasteiger partial charge in [0.25, 0.3) is 0 Å². The van der Waals surface area contributed by atoms with Crippen LogP contribution in [0.15, 0.2) is 11.5 Å². The molecule has 0 aliphatic carbocycles. The predicted octanol–water partition coefficient (Wildman–Crippen LogP) is 3.90. The van der Waals surface area contributed by atoms with Gasteiger partial charge in [-0.1, -0.05) is 35.0 Å². The van der Waals surface area contributed by atoms with Gasteiger partial charge in [0, 0.05) is 18.1 Å². The highest BCUT2D eigenvalue weighted by Crippen LogP contribution is 2.90. The average Bonchev–Trinajstić information content (AvgIpc) is 3.41. The van der Waals surface area contributed by atoms with E-state index in [1.807, 2.05) is 6.26 Å². The second-order valence-corrected chi connectivity index (χ2v) is 19.5. The SMILES string of the molecule is CSCCNc1nc(SCCC(F)(F)F)nc2c1ncn2C1OC(COP2(=O)OP(=O)(O)C(Cl)(Cl)P(=O)(O)O2)[C@H](O)[C@@H]1O. The number of aliphatic hydroxyl groups excluding tert-OH is 2. The number of halogens is 5. The van der Waals surface area contributed by atoms with Crippen LogP contribution >= 0.6 is 69.7 Å². The van der Waals surface area contributed by atoms with Gasteiger partial charge in [0.05, 0.1) is 19.4 Å². The standard InChI is InChI=1S/C17H23Cl2F3N5O11P3S2/c1-42-5-3-23-12-9-13(26-15(25-12)43-4-2-16(20,21)22)27(7-24-9)14-11(29)10(28)8(36-14)6-35-41(34)37-39(30,31)17(18,19)40(32,33)38-41/h7-8,10-11,14,28-29H,2-6H2,1H3,(H,30,31)(H,32,33)(H,23,25,26)/t8?,10-,11-,14?/m0/s1. The lowest BCUT2D eigenvalue weighted by Crippen LogP contribution is -2.34. The molecule has 6 atom stereocenters. The van der Waals surface area contributed by atoms with Crippen LogP contribution in [0.25, 0.3) is 11.2 Å². The molecule has 0 spiro atoms. The number of imidazole rings is 1. The molecule has 2 aliphatic heterocycles. The number of nitrogens with zero attached hydrogens (tertiary/aromatic N) is 4. The Morgan fingerprint density at radius 2 is 1.79 bits per heavy atom. The van der Waals surface area contributed by atoms with Gasteiger partial charge in [-0.05, 0) is 6.26 Å². The second kappa shape index (κ2) is 13.1. The molecule has 16 nitrogen and oxygen atoms in total. The number of anilines is 1. The number of hydrogen-bond acceptors (Lipinski definition) is 15. The number of thioether (sulfide) groups is 2. The maximum absolute atomic E-state index is 12.8. The zero-order valence-electron chi connectivity index (χ0n) is 21.4. The molecule has 4 heterocycles. The molecule has 0 saturated carbocycles. The van der Waals surface area contributed by atoms with Crippen LogP contribution in [0.3, 0.4) is 0 Å². The van der Waals surface area contributed by atoms with E-state index in [9.17, 15) is 46.9 Å². The maximum Gasteiger partial charge on any atom is 0.489 e. The maximum atomic E-state index is 12.8. The first-order valence-electron chi connectivity index (χ1n) is 11.7. The Bertz CT molecular complexity index is 1460. The van der Waals surface area contributed by atoms with Crippen LogP contribution in [0, 0.1) is 0 Å². The van der Waals surface area contributed by atoms with Crippen molar-refractivity contribution in [2.45, 2.75) is 46.1 Å². The van der Waals surface area contributed by atoms with Crippen molar-refractivity contribution in [3.05, 3.63) is 6.33 Å². The fourth-order valence-electron chi connectivity index (χ4n) is 3.65. The van der Waals surface area contributed by atoms with Crippen LogP contribution in [0.5, 0.6) is 0 Å². The lowest BCUT2D eigenvalue weighted by molar-refractivity contribution is -0.129. The summed E-state index contributed by atoms with van der Waals surface area (Å²) in [4.78, 5) is 32.4. The first-order chi connectivity index (χ1) is 19.8. The monoisotopic (exact) mass is 757 g/mol. The van der Waals surface area contributed by atoms with E-state index in [0.29, 0.717) is 12.3 Å². The molecule has 43 heavy (non-hydrogen) atoms. The largest absolute Gasteiger partial charge is 0.489 e. The molecule has 244 valence electrons.